The summed E-state index contributed by atoms with van der Waals surface area (Å²) < 4.78 is 2.55. The van der Waals surface area contributed by atoms with Crippen LogP contribution < -0.4 is 0 Å². The van der Waals surface area contributed by atoms with Gasteiger partial charge in [-0.05, 0) is 35.8 Å². The van der Waals surface area contributed by atoms with Gasteiger partial charge < -0.3 is 4.90 Å². The van der Waals surface area contributed by atoms with Crippen LogP contribution in [0, 0.1) is 5.92 Å². The minimum atomic E-state index is 0.0468. The Morgan fingerprint density at radius 1 is 0.903 bits per heavy atom. The second-order valence-electron chi connectivity index (χ2n) is 10.9. The van der Waals surface area contributed by atoms with Crippen LogP contribution >= 0.6 is 0 Å². The zero-order valence-corrected chi connectivity index (χ0v) is 20.1. The van der Waals surface area contributed by atoms with Crippen molar-refractivity contribution in [2.24, 2.45) is 5.92 Å². The van der Waals surface area contributed by atoms with E-state index in [1.807, 2.05) is 0 Å². The second-order valence-corrected chi connectivity index (χ2v) is 10.9. The van der Waals surface area contributed by atoms with E-state index in [2.05, 4.69) is 111 Å². The molecule has 2 nitrogen and oxygen atoms in total. The fraction of sp³-hybridized carbons (Fsp3) is 0.483. The van der Waals surface area contributed by atoms with Crippen molar-refractivity contribution in [3.63, 3.8) is 0 Å². The molecule has 4 rings (SSSR count). The summed E-state index contributed by atoms with van der Waals surface area (Å²) in [4.78, 5) is 2.65. The molecule has 0 saturated carbocycles. The van der Waals surface area contributed by atoms with E-state index in [1.54, 1.807) is 0 Å². The Labute approximate surface area is 189 Å². The molecule has 0 bridgehead atoms. The van der Waals surface area contributed by atoms with Gasteiger partial charge in [0.05, 0.1) is 5.92 Å². The van der Waals surface area contributed by atoms with Crippen LogP contribution in [0.1, 0.15) is 64.2 Å². The summed E-state index contributed by atoms with van der Waals surface area (Å²) in [5.74, 6) is 0.472. The molecular weight excluding hydrogens is 376 g/mol. The van der Waals surface area contributed by atoms with Gasteiger partial charge in [-0.3, -0.25) is 0 Å². The van der Waals surface area contributed by atoms with Crippen LogP contribution in [0.5, 0.6) is 0 Å². The summed E-state index contributed by atoms with van der Waals surface area (Å²) in [6, 6.07) is 20.3. The molecule has 2 aromatic rings. The molecule has 2 heteroatoms. The van der Waals surface area contributed by atoms with Crippen LogP contribution in [0.3, 0.4) is 0 Å². The predicted molar refractivity (Wildman–Crippen MR) is 132 cm³/mol. The number of benzene rings is 2. The van der Waals surface area contributed by atoms with Gasteiger partial charge in [0.2, 0.25) is 0 Å². The Morgan fingerprint density at radius 2 is 1.55 bits per heavy atom. The molecule has 1 unspecified atom stereocenters. The van der Waals surface area contributed by atoms with Gasteiger partial charge in [0.25, 0.3) is 0 Å². The predicted octanol–water partition coefficient (Wildman–Crippen LogP) is 6.20. The topological polar surface area (TPSA) is 6.25 Å². The average Bonchev–Trinajstić information content (AvgIpc) is 3.26. The van der Waals surface area contributed by atoms with Crippen molar-refractivity contribution in [2.75, 3.05) is 13.1 Å². The highest BCUT2D eigenvalue weighted by Gasteiger charge is 2.45. The van der Waals surface area contributed by atoms with E-state index >= 15 is 0 Å². The SMILES string of the molecule is CC(C)(C)c1ccc(CC2C(N3CCCC3)=CC=[N+](Cc3ccccc3)C2(C)C)cc1. The number of nitrogens with zero attached hydrogens (tertiary/aromatic N) is 2. The Balaban J connectivity index is 1.64. The summed E-state index contributed by atoms with van der Waals surface area (Å²) in [6.45, 7) is 15.1. The third kappa shape index (κ3) is 4.79. The minimum absolute atomic E-state index is 0.0468. The summed E-state index contributed by atoms with van der Waals surface area (Å²) in [5.41, 5.74) is 6.01. The molecule has 0 amide bonds. The first-order valence-corrected chi connectivity index (χ1v) is 12.0. The Hall–Kier alpha value is -2.35. The van der Waals surface area contributed by atoms with Gasteiger partial charge in [-0.25, -0.2) is 4.58 Å². The molecular formula is C29H39N2+. The van der Waals surface area contributed by atoms with Gasteiger partial charge in [-0.15, -0.1) is 0 Å². The van der Waals surface area contributed by atoms with Crippen LogP contribution in [-0.4, -0.2) is 34.3 Å². The number of rotatable bonds is 5. The Morgan fingerprint density at radius 3 is 2.16 bits per heavy atom. The van der Waals surface area contributed by atoms with Gasteiger partial charge in [0.15, 0.2) is 18.3 Å². The lowest BCUT2D eigenvalue weighted by atomic mass is 9.77. The van der Waals surface area contributed by atoms with Crippen molar-refractivity contribution in [1.82, 2.24) is 4.90 Å². The summed E-state index contributed by atoms with van der Waals surface area (Å²) >= 11 is 0. The zero-order valence-electron chi connectivity index (χ0n) is 20.1. The molecule has 0 aromatic heterocycles. The van der Waals surface area contributed by atoms with Gasteiger partial charge in [-0.2, -0.15) is 0 Å². The van der Waals surface area contributed by atoms with Crippen molar-refractivity contribution < 1.29 is 4.58 Å². The first-order chi connectivity index (χ1) is 14.7. The van der Waals surface area contributed by atoms with Crippen molar-refractivity contribution in [2.45, 2.75) is 71.4 Å². The first kappa shape index (κ1) is 21.9. The highest BCUT2D eigenvalue weighted by Crippen LogP contribution is 2.37. The third-order valence-electron chi connectivity index (χ3n) is 7.30. The van der Waals surface area contributed by atoms with E-state index < -0.39 is 0 Å². The van der Waals surface area contributed by atoms with E-state index in [9.17, 15) is 0 Å². The Bertz CT molecular complexity index is 936. The maximum atomic E-state index is 2.65. The number of likely N-dealkylation sites (tertiary alicyclic amines) is 1. The second kappa shape index (κ2) is 8.65. The van der Waals surface area contributed by atoms with Crippen molar-refractivity contribution >= 4 is 6.21 Å². The van der Waals surface area contributed by atoms with Crippen LogP contribution in [-0.2, 0) is 18.4 Å². The zero-order chi connectivity index (χ0) is 22.1. The third-order valence-corrected chi connectivity index (χ3v) is 7.30. The summed E-state index contributed by atoms with van der Waals surface area (Å²) in [6.07, 6.45) is 8.48. The van der Waals surface area contributed by atoms with E-state index in [0.717, 1.165) is 13.0 Å². The molecule has 1 atom stereocenters. The molecule has 2 aromatic carbocycles. The van der Waals surface area contributed by atoms with Crippen molar-refractivity contribution in [1.29, 1.82) is 0 Å². The molecule has 0 radical (unpaired) electrons. The highest BCUT2D eigenvalue weighted by molar-refractivity contribution is 5.69. The number of hydrogen-bond donors (Lipinski definition) is 0. The minimum Gasteiger partial charge on any atom is -0.374 e. The molecule has 0 spiro atoms. The normalized spacial score (nSPS) is 21.1. The van der Waals surface area contributed by atoms with Crippen LogP contribution in [0.2, 0.25) is 0 Å². The van der Waals surface area contributed by atoms with Crippen LogP contribution in [0.15, 0.2) is 66.4 Å². The van der Waals surface area contributed by atoms with Crippen molar-refractivity contribution in [3.05, 3.63) is 83.1 Å². The van der Waals surface area contributed by atoms with E-state index in [4.69, 9.17) is 0 Å². The fourth-order valence-electron chi connectivity index (χ4n) is 5.11. The lowest BCUT2D eigenvalue weighted by Gasteiger charge is -2.39. The molecule has 0 aliphatic carbocycles. The lowest BCUT2D eigenvalue weighted by molar-refractivity contribution is -0.621. The van der Waals surface area contributed by atoms with Gasteiger partial charge in [-0.1, -0.05) is 75.4 Å². The van der Waals surface area contributed by atoms with Crippen LogP contribution in [0.4, 0.5) is 0 Å². The van der Waals surface area contributed by atoms with Gasteiger partial charge in [0.1, 0.15) is 0 Å². The summed E-state index contributed by atoms with van der Waals surface area (Å²) in [7, 11) is 0. The quantitative estimate of drug-likeness (QED) is 0.527. The standard InChI is InChI=1S/C29H39N2/c1-28(2,3)25-15-13-23(14-16-25)21-26-27(30-18-9-10-19-30)17-20-31(29(26,4)5)22-24-11-7-6-8-12-24/h6-8,11-17,20,26H,9-10,18-19,21-22H2,1-5H3/q+1. The van der Waals surface area contributed by atoms with E-state index in [1.165, 1.54) is 48.3 Å². The van der Waals surface area contributed by atoms with Gasteiger partial charge >= 0.3 is 0 Å². The number of hydrogen-bond acceptors (Lipinski definition) is 1. The first-order valence-electron chi connectivity index (χ1n) is 12.0. The smallest absolute Gasteiger partial charge is 0.168 e. The van der Waals surface area contributed by atoms with E-state index in [-0.39, 0.29) is 11.0 Å². The molecule has 1 saturated heterocycles. The number of allylic oxidation sites excluding steroid dienone is 1. The largest absolute Gasteiger partial charge is 0.374 e. The molecule has 2 heterocycles. The lowest BCUT2D eigenvalue weighted by Crippen LogP contribution is -2.50. The van der Waals surface area contributed by atoms with Gasteiger partial charge in [0, 0.05) is 44.3 Å². The highest BCUT2D eigenvalue weighted by atomic mass is 15.2. The Kier molecular flexibility index (Phi) is 6.10. The maximum Gasteiger partial charge on any atom is 0.168 e. The summed E-state index contributed by atoms with van der Waals surface area (Å²) in [5, 5.41) is 0. The molecule has 2 aliphatic heterocycles. The monoisotopic (exact) mass is 415 g/mol. The molecule has 1 fully saturated rings. The van der Waals surface area contributed by atoms with Crippen molar-refractivity contribution in [3.8, 4) is 0 Å². The molecule has 0 N–H and O–H groups in total. The van der Waals surface area contributed by atoms with Crippen LogP contribution in [0.25, 0.3) is 0 Å². The molecule has 31 heavy (non-hydrogen) atoms. The fourth-order valence-corrected chi connectivity index (χ4v) is 5.11. The maximum absolute atomic E-state index is 2.65. The molecule has 164 valence electrons. The average molecular weight is 416 g/mol. The van der Waals surface area contributed by atoms with E-state index in [0.29, 0.717) is 5.92 Å². The molecule has 2 aliphatic rings.